The van der Waals surface area contributed by atoms with Crippen LogP contribution in [0.4, 0.5) is 0 Å². The van der Waals surface area contributed by atoms with Gasteiger partial charge in [0.25, 0.3) is 0 Å². The van der Waals surface area contributed by atoms with Gasteiger partial charge in [-0.1, -0.05) is 35.3 Å². The van der Waals surface area contributed by atoms with Gasteiger partial charge in [0.1, 0.15) is 0 Å². The van der Waals surface area contributed by atoms with Crippen LogP contribution in [-0.2, 0) is 0 Å². The maximum Gasteiger partial charge on any atom is 0.0931 e. The smallest absolute Gasteiger partial charge is 0.0931 e. The molecule has 0 aliphatic heterocycles. The molecule has 0 saturated carbocycles. The third-order valence-corrected chi connectivity index (χ3v) is 4.37. The minimum Gasteiger partial charge on any atom is -0.271 e. The molecule has 90 valence electrons. The van der Waals surface area contributed by atoms with Crippen LogP contribution >= 0.6 is 34.5 Å². The van der Waals surface area contributed by atoms with Crippen LogP contribution in [0.1, 0.15) is 22.0 Å². The quantitative estimate of drug-likeness (QED) is 0.663. The summed E-state index contributed by atoms with van der Waals surface area (Å²) in [6.07, 6.45) is 0. The first kappa shape index (κ1) is 12.9. The van der Waals surface area contributed by atoms with Crippen molar-refractivity contribution in [3.8, 4) is 0 Å². The van der Waals surface area contributed by atoms with Gasteiger partial charge in [0.2, 0.25) is 0 Å². The van der Waals surface area contributed by atoms with Crippen LogP contribution < -0.4 is 11.3 Å². The Labute approximate surface area is 114 Å². The van der Waals surface area contributed by atoms with Crippen LogP contribution in [0.2, 0.25) is 9.36 Å². The summed E-state index contributed by atoms with van der Waals surface area (Å²) in [4.78, 5) is 1.07. The fraction of sp³-hybridized carbons (Fsp3) is 0.167. The van der Waals surface area contributed by atoms with E-state index in [1.807, 2.05) is 37.3 Å². The van der Waals surface area contributed by atoms with Gasteiger partial charge in [0.05, 0.1) is 10.4 Å². The fourth-order valence-corrected chi connectivity index (χ4v) is 3.07. The Kier molecular flexibility index (Phi) is 4.07. The van der Waals surface area contributed by atoms with Gasteiger partial charge in [0, 0.05) is 9.90 Å². The molecule has 17 heavy (non-hydrogen) atoms. The molecule has 1 unspecified atom stereocenters. The van der Waals surface area contributed by atoms with Gasteiger partial charge in [-0.25, -0.2) is 5.43 Å². The van der Waals surface area contributed by atoms with E-state index < -0.39 is 0 Å². The summed E-state index contributed by atoms with van der Waals surface area (Å²) in [5.74, 6) is 5.64. The first-order chi connectivity index (χ1) is 8.13. The van der Waals surface area contributed by atoms with Crippen LogP contribution in [0.25, 0.3) is 0 Å². The standard InChI is InChI=1S/C12H12Cl2N2S/c1-7-8(3-2-4-9(7)13)12(16-15)10-5-6-11(14)17-10/h2-6,12,16H,15H2,1H3. The molecular formula is C12H12Cl2N2S. The molecule has 2 nitrogen and oxygen atoms in total. The van der Waals surface area contributed by atoms with Crippen molar-refractivity contribution in [2.24, 2.45) is 5.84 Å². The molecule has 0 aliphatic carbocycles. The Hall–Kier alpha value is -0.580. The average molecular weight is 287 g/mol. The molecule has 1 aromatic carbocycles. The predicted molar refractivity (Wildman–Crippen MR) is 74.7 cm³/mol. The molecule has 5 heteroatoms. The lowest BCUT2D eigenvalue weighted by molar-refractivity contribution is 0.643. The number of benzene rings is 1. The minimum absolute atomic E-state index is 0.0776. The number of hydrogen-bond acceptors (Lipinski definition) is 3. The average Bonchev–Trinajstić information content (AvgIpc) is 2.72. The normalized spacial score (nSPS) is 12.7. The summed E-state index contributed by atoms with van der Waals surface area (Å²) >= 11 is 13.6. The largest absolute Gasteiger partial charge is 0.271 e. The maximum absolute atomic E-state index is 6.12. The number of hydrogen-bond donors (Lipinski definition) is 2. The van der Waals surface area contributed by atoms with Crippen molar-refractivity contribution < 1.29 is 0 Å². The van der Waals surface area contributed by atoms with Gasteiger partial charge in [-0.3, -0.25) is 5.84 Å². The molecular weight excluding hydrogens is 275 g/mol. The van der Waals surface area contributed by atoms with Crippen molar-refractivity contribution in [2.75, 3.05) is 0 Å². The van der Waals surface area contributed by atoms with Crippen molar-refractivity contribution >= 4 is 34.5 Å². The third-order valence-electron chi connectivity index (χ3n) is 2.67. The Morgan fingerprint density at radius 3 is 2.59 bits per heavy atom. The first-order valence-electron chi connectivity index (χ1n) is 5.10. The van der Waals surface area contributed by atoms with E-state index in [1.165, 1.54) is 11.3 Å². The molecule has 0 fully saturated rings. The van der Waals surface area contributed by atoms with Crippen LogP contribution in [0, 0.1) is 6.92 Å². The second-order valence-electron chi connectivity index (χ2n) is 3.70. The molecule has 0 spiro atoms. The Morgan fingerprint density at radius 2 is 2.00 bits per heavy atom. The van der Waals surface area contributed by atoms with E-state index >= 15 is 0 Å². The lowest BCUT2D eigenvalue weighted by Gasteiger charge is -2.17. The second kappa shape index (κ2) is 5.38. The first-order valence-corrected chi connectivity index (χ1v) is 6.67. The van der Waals surface area contributed by atoms with E-state index in [0.717, 1.165) is 25.4 Å². The number of hydrazine groups is 1. The Bertz CT molecular complexity index is 525. The van der Waals surface area contributed by atoms with Gasteiger partial charge in [0.15, 0.2) is 0 Å². The second-order valence-corrected chi connectivity index (χ2v) is 5.85. The molecule has 1 atom stereocenters. The number of halogens is 2. The number of rotatable bonds is 3. The van der Waals surface area contributed by atoms with Gasteiger partial charge >= 0.3 is 0 Å². The van der Waals surface area contributed by atoms with E-state index in [9.17, 15) is 0 Å². The number of thiophene rings is 1. The summed E-state index contributed by atoms with van der Waals surface area (Å²) in [5, 5.41) is 0.741. The highest BCUT2D eigenvalue weighted by molar-refractivity contribution is 7.16. The highest BCUT2D eigenvalue weighted by Gasteiger charge is 2.17. The predicted octanol–water partition coefficient (Wildman–Crippen LogP) is 3.92. The number of nitrogens with one attached hydrogen (secondary N) is 1. The van der Waals surface area contributed by atoms with Crippen LogP contribution in [0.5, 0.6) is 0 Å². The summed E-state index contributed by atoms with van der Waals surface area (Å²) in [5.41, 5.74) is 4.91. The molecule has 1 heterocycles. The van der Waals surface area contributed by atoms with E-state index in [2.05, 4.69) is 5.43 Å². The third kappa shape index (κ3) is 2.64. The number of nitrogens with two attached hydrogens (primary N) is 1. The topological polar surface area (TPSA) is 38.0 Å². The summed E-state index contributed by atoms with van der Waals surface area (Å²) in [7, 11) is 0. The van der Waals surface area contributed by atoms with Crippen molar-refractivity contribution in [1.29, 1.82) is 0 Å². The molecule has 0 saturated heterocycles. The molecule has 2 aromatic rings. The van der Waals surface area contributed by atoms with Crippen molar-refractivity contribution in [3.63, 3.8) is 0 Å². The van der Waals surface area contributed by atoms with E-state index in [4.69, 9.17) is 29.0 Å². The summed E-state index contributed by atoms with van der Waals surface area (Å²) in [6, 6.07) is 9.56. The van der Waals surface area contributed by atoms with Gasteiger partial charge < -0.3 is 0 Å². The molecule has 0 radical (unpaired) electrons. The zero-order valence-corrected chi connectivity index (χ0v) is 11.5. The monoisotopic (exact) mass is 286 g/mol. The van der Waals surface area contributed by atoms with Crippen molar-refractivity contribution in [2.45, 2.75) is 13.0 Å². The minimum atomic E-state index is -0.0776. The van der Waals surface area contributed by atoms with Gasteiger partial charge in [-0.15, -0.1) is 11.3 Å². The van der Waals surface area contributed by atoms with Crippen LogP contribution in [0.15, 0.2) is 30.3 Å². The molecule has 2 rings (SSSR count). The molecule has 0 bridgehead atoms. The fourth-order valence-electron chi connectivity index (χ4n) is 1.75. The highest BCUT2D eigenvalue weighted by Crippen LogP contribution is 2.33. The molecule has 0 amide bonds. The zero-order chi connectivity index (χ0) is 12.4. The Balaban J connectivity index is 2.45. The zero-order valence-electron chi connectivity index (χ0n) is 9.21. The molecule has 3 N–H and O–H groups in total. The van der Waals surface area contributed by atoms with E-state index in [0.29, 0.717) is 0 Å². The maximum atomic E-state index is 6.12. The lowest BCUT2D eigenvalue weighted by atomic mass is 10.0. The van der Waals surface area contributed by atoms with Crippen molar-refractivity contribution in [3.05, 3.63) is 55.7 Å². The van der Waals surface area contributed by atoms with Gasteiger partial charge in [-0.05, 0) is 36.2 Å². The van der Waals surface area contributed by atoms with Gasteiger partial charge in [-0.2, -0.15) is 0 Å². The van der Waals surface area contributed by atoms with Crippen molar-refractivity contribution in [1.82, 2.24) is 5.43 Å². The van der Waals surface area contributed by atoms with E-state index in [-0.39, 0.29) is 6.04 Å². The van der Waals surface area contributed by atoms with Crippen LogP contribution in [-0.4, -0.2) is 0 Å². The summed E-state index contributed by atoms with van der Waals surface area (Å²) < 4.78 is 0.750. The molecule has 0 aliphatic rings. The SMILES string of the molecule is Cc1c(Cl)cccc1C(NN)c1ccc(Cl)s1. The summed E-state index contributed by atoms with van der Waals surface area (Å²) in [6.45, 7) is 1.98. The highest BCUT2D eigenvalue weighted by atomic mass is 35.5. The van der Waals surface area contributed by atoms with Crippen LogP contribution in [0.3, 0.4) is 0 Å². The van der Waals surface area contributed by atoms with E-state index in [1.54, 1.807) is 0 Å². The molecule has 1 aromatic heterocycles. The Morgan fingerprint density at radius 1 is 1.24 bits per heavy atom. The lowest BCUT2D eigenvalue weighted by Crippen LogP contribution is -2.28.